The van der Waals surface area contributed by atoms with Crippen molar-refractivity contribution >= 4 is 46.9 Å². The second-order valence-electron chi connectivity index (χ2n) is 8.31. The molecule has 0 bridgehead atoms. The molecule has 0 spiro atoms. The van der Waals surface area contributed by atoms with E-state index in [2.05, 4.69) is 16.0 Å². The topological polar surface area (TPSA) is 119 Å². The number of amides is 3. The van der Waals surface area contributed by atoms with E-state index in [-0.39, 0.29) is 17.4 Å². The van der Waals surface area contributed by atoms with E-state index in [4.69, 9.17) is 13.9 Å². The summed E-state index contributed by atoms with van der Waals surface area (Å²) in [7, 11) is 3.07. The fraction of sp³-hybridized carbons (Fsp3) is 0.100. The van der Waals surface area contributed by atoms with Crippen molar-refractivity contribution < 1.29 is 28.3 Å². The van der Waals surface area contributed by atoms with Gasteiger partial charge in [-0.1, -0.05) is 24.3 Å². The zero-order chi connectivity index (χ0) is 28.3. The van der Waals surface area contributed by atoms with Gasteiger partial charge in [-0.05, 0) is 42.5 Å². The van der Waals surface area contributed by atoms with Crippen molar-refractivity contribution in [1.82, 2.24) is 5.32 Å². The maximum atomic E-state index is 13.2. The Kier molecular flexibility index (Phi) is 9.62. The molecular formula is C30H27N3O6S. The number of hydrogen-bond donors (Lipinski definition) is 3. The molecule has 3 N–H and O–H groups in total. The number of carbonyl (C=O) groups excluding carboxylic acids is 3. The lowest BCUT2D eigenvalue weighted by Gasteiger charge is -2.12. The van der Waals surface area contributed by atoms with Gasteiger partial charge < -0.3 is 29.8 Å². The van der Waals surface area contributed by atoms with Crippen LogP contribution in [0, 0.1) is 0 Å². The Labute approximate surface area is 235 Å². The summed E-state index contributed by atoms with van der Waals surface area (Å²) >= 11 is 1.30. The number of methoxy groups -OCH3 is 2. The van der Waals surface area contributed by atoms with Gasteiger partial charge in [-0.15, -0.1) is 11.8 Å². The van der Waals surface area contributed by atoms with Crippen molar-refractivity contribution in [2.75, 3.05) is 30.6 Å². The van der Waals surface area contributed by atoms with E-state index in [9.17, 15) is 14.4 Å². The molecule has 0 aliphatic heterocycles. The van der Waals surface area contributed by atoms with Gasteiger partial charge >= 0.3 is 0 Å². The summed E-state index contributed by atoms with van der Waals surface area (Å²) in [6.45, 7) is 0. The van der Waals surface area contributed by atoms with Gasteiger partial charge in [0.05, 0.1) is 26.2 Å². The number of ether oxygens (including phenoxy) is 2. The van der Waals surface area contributed by atoms with Crippen LogP contribution in [0.1, 0.15) is 16.1 Å². The van der Waals surface area contributed by atoms with Crippen LogP contribution >= 0.6 is 11.8 Å². The van der Waals surface area contributed by atoms with Crippen LogP contribution in [0.15, 0.2) is 106 Å². The van der Waals surface area contributed by atoms with E-state index >= 15 is 0 Å². The lowest BCUT2D eigenvalue weighted by molar-refractivity contribution is -0.114. The lowest BCUT2D eigenvalue weighted by atomic mass is 10.2. The summed E-state index contributed by atoms with van der Waals surface area (Å²) in [5.74, 6) is 0.472. The number of carbonyl (C=O) groups is 3. The molecule has 204 valence electrons. The van der Waals surface area contributed by atoms with Gasteiger partial charge in [0.2, 0.25) is 5.91 Å². The van der Waals surface area contributed by atoms with Gasteiger partial charge in [0.25, 0.3) is 11.8 Å². The van der Waals surface area contributed by atoms with Gasteiger partial charge in [-0.25, -0.2) is 0 Å². The number of hydrogen-bond acceptors (Lipinski definition) is 7. The average molecular weight is 558 g/mol. The number of thioether (sulfide) groups is 1. The summed E-state index contributed by atoms with van der Waals surface area (Å²) in [6, 6.07) is 24.1. The number of furan rings is 1. The molecule has 0 aliphatic rings. The highest BCUT2D eigenvalue weighted by Crippen LogP contribution is 2.27. The van der Waals surface area contributed by atoms with Crippen LogP contribution in [0.3, 0.4) is 0 Å². The van der Waals surface area contributed by atoms with Crippen molar-refractivity contribution in [3.63, 3.8) is 0 Å². The highest BCUT2D eigenvalue weighted by molar-refractivity contribution is 8.00. The van der Waals surface area contributed by atoms with Crippen molar-refractivity contribution in [2.45, 2.75) is 4.90 Å². The summed E-state index contributed by atoms with van der Waals surface area (Å²) in [5.41, 5.74) is 1.46. The third-order valence-corrected chi connectivity index (χ3v) is 6.45. The quantitative estimate of drug-likeness (QED) is 0.166. The summed E-state index contributed by atoms with van der Waals surface area (Å²) in [6.07, 6.45) is 2.93. The molecule has 4 rings (SSSR count). The van der Waals surface area contributed by atoms with Crippen molar-refractivity contribution in [3.8, 4) is 11.5 Å². The van der Waals surface area contributed by atoms with Gasteiger partial charge in [-0.2, -0.15) is 0 Å². The number of nitrogens with one attached hydrogen (secondary N) is 3. The van der Waals surface area contributed by atoms with Gasteiger partial charge in [0.15, 0.2) is 0 Å². The summed E-state index contributed by atoms with van der Waals surface area (Å²) in [4.78, 5) is 39.2. The number of benzene rings is 3. The van der Waals surface area contributed by atoms with Crippen LogP contribution in [-0.2, 0) is 9.59 Å². The van der Waals surface area contributed by atoms with Gasteiger partial charge in [0.1, 0.15) is 23.0 Å². The predicted molar refractivity (Wildman–Crippen MR) is 155 cm³/mol. The first-order valence-electron chi connectivity index (χ1n) is 12.1. The highest BCUT2D eigenvalue weighted by atomic mass is 32.2. The summed E-state index contributed by atoms with van der Waals surface area (Å²) in [5, 5.41) is 8.29. The van der Waals surface area contributed by atoms with Crippen molar-refractivity contribution in [1.29, 1.82) is 0 Å². The second kappa shape index (κ2) is 13.7. The predicted octanol–water partition coefficient (Wildman–Crippen LogP) is 5.44. The van der Waals surface area contributed by atoms with E-state index in [1.807, 2.05) is 6.07 Å². The fourth-order valence-corrected chi connectivity index (χ4v) is 4.30. The molecular weight excluding hydrogens is 530 g/mol. The molecule has 0 saturated carbocycles. The Bertz CT molecular complexity index is 1480. The lowest BCUT2D eigenvalue weighted by Crippen LogP contribution is -2.30. The largest absolute Gasteiger partial charge is 0.497 e. The molecule has 1 aromatic heterocycles. The van der Waals surface area contributed by atoms with E-state index in [1.54, 1.807) is 78.9 Å². The SMILES string of the molecule is COc1cc(NC(=O)CSc2cccc(NC(=O)/C(=C/c3ccco3)NC(=O)c3ccccc3)c2)cc(OC)c1. The molecule has 40 heavy (non-hydrogen) atoms. The average Bonchev–Trinajstić information content (AvgIpc) is 3.49. The first kappa shape index (κ1) is 28.1. The van der Waals surface area contributed by atoms with E-state index < -0.39 is 11.8 Å². The minimum Gasteiger partial charge on any atom is -0.497 e. The van der Waals surface area contributed by atoms with Crippen molar-refractivity contribution in [2.24, 2.45) is 0 Å². The monoisotopic (exact) mass is 557 g/mol. The third-order valence-electron chi connectivity index (χ3n) is 5.46. The fourth-order valence-electron chi connectivity index (χ4n) is 3.55. The third kappa shape index (κ3) is 8.02. The van der Waals surface area contributed by atoms with Gasteiger partial charge in [0, 0.05) is 46.1 Å². The van der Waals surface area contributed by atoms with Crippen LogP contribution in [-0.4, -0.2) is 37.7 Å². The first-order chi connectivity index (χ1) is 19.4. The van der Waals surface area contributed by atoms with Crippen LogP contribution in [0.5, 0.6) is 11.5 Å². The smallest absolute Gasteiger partial charge is 0.272 e. The Morgan fingerprint density at radius 3 is 2.25 bits per heavy atom. The van der Waals surface area contributed by atoms with E-state index in [1.165, 1.54) is 38.3 Å². The maximum absolute atomic E-state index is 13.2. The minimum atomic E-state index is -0.535. The molecule has 0 aliphatic carbocycles. The molecule has 3 aromatic carbocycles. The zero-order valence-electron chi connectivity index (χ0n) is 21.8. The summed E-state index contributed by atoms with van der Waals surface area (Å²) < 4.78 is 15.8. The Morgan fingerprint density at radius 1 is 0.825 bits per heavy atom. The van der Waals surface area contributed by atoms with Crippen LogP contribution in [0.25, 0.3) is 6.08 Å². The maximum Gasteiger partial charge on any atom is 0.272 e. The van der Waals surface area contributed by atoms with Crippen LogP contribution in [0.4, 0.5) is 11.4 Å². The standard InChI is InChI=1S/C30H27N3O6S/c1-37-24-14-22(15-25(17-24)38-2)31-28(34)19-40-26-12-6-10-21(16-26)32-30(36)27(18-23-11-7-13-39-23)33-29(35)20-8-4-3-5-9-20/h3-18H,19H2,1-2H3,(H,31,34)(H,32,36)(H,33,35)/b27-18-. The number of anilines is 2. The molecule has 9 nitrogen and oxygen atoms in total. The Balaban J connectivity index is 1.40. The highest BCUT2D eigenvalue weighted by Gasteiger charge is 2.16. The molecule has 10 heteroatoms. The van der Waals surface area contributed by atoms with Gasteiger partial charge in [-0.3, -0.25) is 14.4 Å². The molecule has 1 heterocycles. The molecule has 4 aromatic rings. The zero-order valence-corrected chi connectivity index (χ0v) is 22.6. The molecule has 0 radical (unpaired) electrons. The van der Waals surface area contributed by atoms with E-state index in [0.717, 1.165) is 4.90 Å². The van der Waals surface area contributed by atoms with E-state index in [0.29, 0.717) is 34.2 Å². The molecule has 0 saturated heterocycles. The number of rotatable bonds is 11. The molecule has 0 unspecified atom stereocenters. The second-order valence-corrected chi connectivity index (χ2v) is 9.36. The molecule has 0 fully saturated rings. The molecule has 3 amide bonds. The first-order valence-corrected chi connectivity index (χ1v) is 13.1. The Hall–Kier alpha value is -4.96. The minimum absolute atomic E-state index is 0.00922. The van der Waals surface area contributed by atoms with Crippen LogP contribution < -0.4 is 25.4 Å². The Morgan fingerprint density at radius 2 is 1.57 bits per heavy atom. The van der Waals surface area contributed by atoms with Crippen LogP contribution in [0.2, 0.25) is 0 Å². The van der Waals surface area contributed by atoms with Crippen molar-refractivity contribution in [3.05, 3.63) is 108 Å². The molecule has 0 atom stereocenters. The normalized spacial score (nSPS) is 10.9.